The molecule has 7 nitrogen and oxygen atoms in total. The number of rotatable bonds is 6. The number of guanidine groups is 1. The molecule has 0 aromatic heterocycles. The highest BCUT2D eigenvalue weighted by Crippen LogP contribution is 2.26. The standard InChI is InChI=1S/C22H41N5O2/c1-17-14-26(15-18(2)29-17)12-7-11-24-22(23-3)25-20-10-13-27(16-20)21(28)19-8-5-4-6-9-19/h17-20H,4-16H2,1-3H3,(H2,23,24,25). The van der Waals surface area contributed by atoms with Crippen LogP contribution in [0.3, 0.4) is 0 Å². The predicted octanol–water partition coefficient (Wildman–Crippen LogP) is 1.83. The van der Waals surface area contributed by atoms with Crippen molar-refractivity contribution in [1.82, 2.24) is 20.4 Å². The van der Waals surface area contributed by atoms with E-state index in [0.29, 0.717) is 24.2 Å². The Morgan fingerprint density at radius 3 is 2.48 bits per heavy atom. The van der Waals surface area contributed by atoms with Gasteiger partial charge in [0.2, 0.25) is 5.91 Å². The second-order valence-electron chi connectivity index (χ2n) is 9.12. The third kappa shape index (κ3) is 6.85. The summed E-state index contributed by atoms with van der Waals surface area (Å²) < 4.78 is 5.80. The molecule has 0 aromatic carbocycles. The van der Waals surface area contributed by atoms with Gasteiger partial charge in [0.15, 0.2) is 5.96 Å². The molecule has 2 saturated heterocycles. The minimum Gasteiger partial charge on any atom is -0.373 e. The predicted molar refractivity (Wildman–Crippen MR) is 117 cm³/mol. The second kappa shape index (κ2) is 11.2. The highest BCUT2D eigenvalue weighted by molar-refractivity contribution is 5.81. The zero-order valence-electron chi connectivity index (χ0n) is 18.7. The smallest absolute Gasteiger partial charge is 0.225 e. The normalized spacial score (nSPS) is 29.8. The molecule has 3 unspecified atom stereocenters. The van der Waals surface area contributed by atoms with Gasteiger partial charge in [0.05, 0.1) is 12.2 Å². The van der Waals surface area contributed by atoms with Crippen LogP contribution in [0.5, 0.6) is 0 Å². The summed E-state index contributed by atoms with van der Waals surface area (Å²) >= 11 is 0. The topological polar surface area (TPSA) is 69.2 Å². The number of likely N-dealkylation sites (tertiary alicyclic amines) is 1. The van der Waals surface area contributed by atoms with Crippen LogP contribution in [0.15, 0.2) is 4.99 Å². The molecule has 3 fully saturated rings. The van der Waals surface area contributed by atoms with Gasteiger partial charge in [-0.3, -0.25) is 14.7 Å². The summed E-state index contributed by atoms with van der Waals surface area (Å²) in [6.07, 6.45) is 8.61. The zero-order chi connectivity index (χ0) is 20.6. The molecule has 2 N–H and O–H groups in total. The second-order valence-corrected chi connectivity index (χ2v) is 9.12. The number of nitrogens with zero attached hydrogens (tertiary/aromatic N) is 3. The van der Waals surface area contributed by atoms with Crippen LogP contribution >= 0.6 is 0 Å². The van der Waals surface area contributed by atoms with Crippen LogP contribution in [0.25, 0.3) is 0 Å². The van der Waals surface area contributed by atoms with Gasteiger partial charge < -0.3 is 20.3 Å². The number of hydrogen-bond donors (Lipinski definition) is 2. The van der Waals surface area contributed by atoms with Gasteiger partial charge in [-0.1, -0.05) is 19.3 Å². The van der Waals surface area contributed by atoms with Crippen molar-refractivity contribution >= 4 is 11.9 Å². The van der Waals surface area contributed by atoms with E-state index in [1.807, 2.05) is 7.05 Å². The fourth-order valence-corrected chi connectivity index (χ4v) is 5.05. The van der Waals surface area contributed by atoms with Crippen molar-refractivity contribution in [3.05, 3.63) is 0 Å². The molecule has 3 atom stereocenters. The molecule has 0 aromatic rings. The van der Waals surface area contributed by atoms with Crippen LogP contribution in [0.2, 0.25) is 0 Å². The molecule has 2 heterocycles. The van der Waals surface area contributed by atoms with Gasteiger partial charge in [-0.05, 0) is 39.5 Å². The Labute approximate surface area is 176 Å². The maximum atomic E-state index is 12.7. The van der Waals surface area contributed by atoms with E-state index in [9.17, 15) is 4.79 Å². The molecule has 1 aliphatic carbocycles. The summed E-state index contributed by atoms with van der Waals surface area (Å²) in [5.74, 6) is 1.50. The van der Waals surface area contributed by atoms with Crippen molar-refractivity contribution in [2.45, 2.75) is 77.0 Å². The first-order valence-corrected chi connectivity index (χ1v) is 11.7. The Morgan fingerprint density at radius 2 is 1.79 bits per heavy atom. The van der Waals surface area contributed by atoms with Gasteiger partial charge in [0, 0.05) is 58.3 Å². The van der Waals surface area contributed by atoms with Gasteiger partial charge >= 0.3 is 0 Å². The molecule has 2 aliphatic heterocycles. The number of aliphatic imine (C=N–C) groups is 1. The van der Waals surface area contributed by atoms with Crippen molar-refractivity contribution in [1.29, 1.82) is 0 Å². The van der Waals surface area contributed by atoms with E-state index in [2.05, 4.69) is 39.3 Å². The van der Waals surface area contributed by atoms with E-state index in [1.54, 1.807) is 0 Å². The summed E-state index contributed by atoms with van der Waals surface area (Å²) in [5, 5.41) is 6.96. The molecule has 1 saturated carbocycles. The number of amides is 1. The third-order valence-corrected chi connectivity index (χ3v) is 6.46. The summed E-state index contributed by atoms with van der Waals surface area (Å²) in [5.41, 5.74) is 0. The lowest BCUT2D eigenvalue weighted by molar-refractivity contribution is -0.135. The molecule has 0 radical (unpaired) electrons. The first kappa shape index (κ1) is 22.3. The Bertz CT molecular complexity index is 539. The Balaban J connectivity index is 1.33. The first-order valence-electron chi connectivity index (χ1n) is 11.7. The van der Waals surface area contributed by atoms with Crippen LogP contribution in [-0.2, 0) is 9.53 Å². The molecule has 7 heteroatoms. The van der Waals surface area contributed by atoms with Gasteiger partial charge in [-0.15, -0.1) is 0 Å². The molecule has 0 bridgehead atoms. The molecule has 1 amide bonds. The van der Waals surface area contributed by atoms with Gasteiger partial charge in [-0.25, -0.2) is 0 Å². The Hall–Kier alpha value is -1.34. The van der Waals surface area contributed by atoms with Gasteiger partial charge in [-0.2, -0.15) is 0 Å². The van der Waals surface area contributed by atoms with E-state index >= 15 is 0 Å². The minimum absolute atomic E-state index is 0.269. The SMILES string of the molecule is CN=C(NCCCN1CC(C)OC(C)C1)NC1CCN(C(=O)C2CCCCC2)C1. The van der Waals surface area contributed by atoms with E-state index in [1.165, 1.54) is 19.3 Å². The van der Waals surface area contributed by atoms with Crippen molar-refractivity contribution < 1.29 is 9.53 Å². The van der Waals surface area contributed by atoms with Crippen LogP contribution in [0.4, 0.5) is 0 Å². The van der Waals surface area contributed by atoms with Gasteiger partial charge in [0.1, 0.15) is 0 Å². The first-order chi connectivity index (χ1) is 14.0. The molecule has 166 valence electrons. The van der Waals surface area contributed by atoms with Crippen molar-refractivity contribution in [2.24, 2.45) is 10.9 Å². The number of hydrogen-bond acceptors (Lipinski definition) is 4. The average Bonchev–Trinajstić information content (AvgIpc) is 3.18. The van der Waals surface area contributed by atoms with E-state index in [0.717, 1.165) is 70.9 Å². The minimum atomic E-state index is 0.269. The van der Waals surface area contributed by atoms with Gasteiger partial charge in [0.25, 0.3) is 0 Å². The molecule has 29 heavy (non-hydrogen) atoms. The van der Waals surface area contributed by atoms with Crippen LogP contribution < -0.4 is 10.6 Å². The lowest BCUT2D eigenvalue weighted by Crippen LogP contribution is -2.47. The lowest BCUT2D eigenvalue weighted by Gasteiger charge is -2.35. The maximum absolute atomic E-state index is 12.7. The summed E-state index contributed by atoms with van der Waals surface area (Å²) in [6, 6.07) is 0.301. The quantitative estimate of drug-likeness (QED) is 0.399. The summed E-state index contributed by atoms with van der Waals surface area (Å²) in [6.45, 7) is 9.99. The zero-order valence-corrected chi connectivity index (χ0v) is 18.7. The molecule has 0 spiro atoms. The average molecular weight is 408 g/mol. The van der Waals surface area contributed by atoms with E-state index in [-0.39, 0.29) is 5.92 Å². The van der Waals surface area contributed by atoms with Crippen LogP contribution in [-0.4, -0.2) is 86.2 Å². The Morgan fingerprint density at radius 1 is 1.07 bits per heavy atom. The van der Waals surface area contributed by atoms with Crippen LogP contribution in [0, 0.1) is 5.92 Å². The molecular weight excluding hydrogens is 366 g/mol. The molecular formula is C22H41N5O2. The number of ether oxygens (including phenoxy) is 1. The fourth-order valence-electron chi connectivity index (χ4n) is 5.05. The maximum Gasteiger partial charge on any atom is 0.225 e. The lowest BCUT2D eigenvalue weighted by atomic mass is 9.88. The Kier molecular flexibility index (Phi) is 8.60. The number of nitrogens with one attached hydrogen (secondary N) is 2. The monoisotopic (exact) mass is 407 g/mol. The highest BCUT2D eigenvalue weighted by Gasteiger charge is 2.31. The number of carbonyl (C=O) groups is 1. The van der Waals surface area contributed by atoms with E-state index < -0.39 is 0 Å². The summed E-state index contributed by atoms with van der Waals surface area (Å²) in [4.78, 5) is 21.7. The molecule has 3 aliphatic rings. The number of morpholine rings is 1. The number of carbonyl (C=O) groups excluding carboxylic acids is 1. The summed E-state index contributed by atoms with van der Waals surface area (Å²) in [7, 11) is 1.82. The third-order valence-electron chi connectivity index (χ3n) is 6.46. The van der Waals surface area contributed by atoms with E-state index in [4.69, 9.17) is 4.74 Å². The van der Waals surface area contributed by atoms with Crippen LogP contribution in [0.1, 0.15) is 58.8 Å². The van der Waals surface area contributed by atoms with Crippen molar-refractivity contribution in [3.63, 3.8) is 0 Å². The molecule has 3 rings (SSSR count). The van der Waals surface area contributed by atoms with Crippen molar-refractivity contribution in [2.75, 3.05) is 46.3 Å². The fraction of sp³-hybridized carbons (Fsp3) is 0.909. The highest BCUT2D eigenvalue weighted by atomic mass is 16.5. The largest absolute Gasteiger partial charge is 0.373 e. The van der Waals surface area contributed by atoms with Crippen molar-refractivity contribution in [3.8, 4) is 0 Å².